The number of unbranched alkanes of at least 4 members (excludes halogenated alkanes) is 1. The smallest absolute Gasteiger partial charge is 0.00410 e. The third-order valence-corrected chi connectivity index (χ3v) is 2.91. The molecular weight excluding hydrogens is 180 g/mol. The van der Waals surface area contributed by atoms with Crippen LogP contribution in [0.15, 0.2) is 48.6 Å². The van der Waals surface area contributed by atoms with Crippen molar-refractivity contribution in [3.05, 3.63) is 54.1 Å². The van der Waals surface area contributed by atoms with E-state index in [-0.39, 0.29) is 0 Å². The highest BCUT2D eigenvalue weighted by molar-refractivity contribution is 5.76. The summed E-state index contributed by atoms with van der Waals surface area (Å²) in [6.07, 6.45) is 10.9. The lowest BCUT2D eigenvalue weighted by Gasteiger charge is -2.02. The fraction of sp³-hybridized carbons (Fsp3) is 0.333. The first kappa shape index (κ1) is 10.2. The van der Waals surface area contributed by atoms with Crippen LogP contribution in [0.1, 0.15) is 31.7 Å². The zero-order valence-electron chi connectivity index (χ0n) is 9.32. The summed E-state index contributed by atoms with van der Waals surface area (Å²) in [5.74, 6) is 0.667. The van der Waals surface area contributed by atoms with Gasteiger partial charge in [0.1, 0.15) is 0 Å². The highest BCUT2D eigenvalue weighted by Crippen LogP contribution is 2.27. The molecule has 1 aliphatic rings. The Morgan fingerprint density at radius 1 is 1.13 bits per heavy atom. The minimum absolute atomic E-state index is 0.667. The second-order valence-corrected chi connectivity index (χ2v) is 4.15. The number of hydrogen-bond donors (Lipinski definition) is 0. The molecule has 0 saturated heterocycles. The summed E-state index contributed by atoms with van der Waals surface area (Å²) < 4.78 is 0. The van der Waals surface area contributed by atoms with E-state index in [4.69, 9.17) is 0 Å². The molecule has 0 bridgehead atoms. The molecule has 0 saturated carbocycles. The van der Waals surface area contributed by atoms with Gasteiger partial charge < -0.3 is 0 Å². The summed E-state index contributed by atoms with van der Waals surface area (Å²) in [7, 11) is 0. The van der Waals surface area contributed by atoms with Crippen LogP contribution >= 0.6 is 0 Å². The van der Waals surface area contributed by atoms with Crippen molar-refractivity contribution in [1.82, 2.24) is 0 Å². The molecule has 2 rings (SSSR count). The zero-order chi connectivity index (χ0) is 10.5. The Labute approximate surface area is 92.3 Å². The summed E-state index contributed by atoms with van der Waals surface area (Å²) in [6, 6.07) is 10.6. The number of hydrogen-bond acceptors (Lipinski definition) is 0. The van der Waals surface area contributed by atoms with Crippen molar-refractivity contribution in [3.63, 3.8) is 0 Å². The van der Waals surface area contributed by atoms with Gasteiger partial charge in [-0.15, -0.1) is 0 Å². The van der Waals surface area contributed by atoms with Gasteiger partial charge in [0.25, 0.3) is 0 Å². The van der Waals surface area contributed by atoms with Gasteiger partial charge in [0.05, 0.1) is 0 Å². The molecule has 0 heterocycles. The van der Waals surface area contributed by atoms with E-state index < -0.39 is 0 Å². The molecular formula is C15H18. The molecule has 0 spiro atoms. The van der Waals surface area contributed by atoms with Crippen molar-refractivity contribution in [2.24, 2.45) is 5.92 Å². The van der Waals surface area contributed by atoms with Gasteiger partial charge in [-0.05, 0) is 23.5 Å². The Balaban J connectivity index is 2.05. The maximum Gasteiger partial charge on any atom is -0.00410 e. The monoisotopic (exact) mass is 198 g/mol. The van der Waals surface area contributed by atoms with Crippen molar-refractivity contribution >= 4 is 5.57 Å². The van der Waals surface area contributed by atoms with Gasteiger partial charge in [0, 0.05) is 0 Å². The molecule has 1 unspecified atom stereocenters. The van der Waals surface area contributed by atoms with Gasteiger partial charge in [-0.1, -0.05) is 68.3 Å². The molecule has 1 aliphatic carbocycles. The van der Waals surface area contributed by atoms with Gasteiger partial charge in [-0.3, -0.25) is 0 Å². The Morgan fingerprint density at radius 3 is 2.67 bits per heavy atom. The molecule has 1 aromatic carbocycles. The van der Waals surface area contributed by atoms with Crippen LogP contribution in [-0.4, -0.2) is 0 Å². The molecule has 15 heavy (non-hydrogen) atoms. The van der Waals surface area contributed by atoms with Crippen molar-refractivity contribution in [1.29, 1.82) is 0 Å². The normalized spacial score (nSPS) is 19.3. The maximum atomic E-state index is 2.39. The average molecular weight is 198 g/mol. The molecule has 0 aromatic heterocycles. The van der Waals surface area contributed by atoms with Crippen molar-refractivity contribution < 1.29 is 0 Å². The van der Waals surface area contributed by atoms with Crippen molar-refractivity contribution in [3.8, 4) is 0 Å². The van der Waals surface area contributed by atoms with Crippen molar-refractivity contribution in [2.45, 2.75) is 26.2 Å². The van der Waals surface area contributed by atoms with Crippen LogP contribution in [0.25, 0.3) is 5.57 Å². The van der Waals surface area contributed by atoms with Crippen LogP contribution in [0.2, 0.25) is 0 Å². The summed E-state index contributed by atoms with van der Waals surface area (Å²) in [4.78, 5) is 0. The Kier molecular flexibility index (Phi) is 3.39. The van der Waals surface area contributed by atoms with Gasteiger partial charge in [0.2, 0.25) is 0 Å². The Morgan fingerprint density at radius 2 is 1.93 bits per heavy atom. The van der Waals surface area contributed by atoms with Crippen LogP contribution in [-0.2, 0) is 0 Å². The Bertz CT molecular complexity index is 357. The first-order valence-electron chi connectivity index (χ1n) is 5.85. The fourth-order valence-corrected chi connectivity index (χ4v) is 2.01. The highest BCUT2D eigenvalue weighted by atomic mass is 14.1. The SMILES string of the molecule is CCCCC1C=CC(c2ccccc2)=C1. The number of rotatable bonds is 4. The van der Waals surface area contributed by atoms with E-state index in [0.717, 1.165) is 0 Å². The van der Waals surface area contributed by atoms with E-state index in [0.29, 0.717) is 5.92 Å². The molecule has 1 atom stereocenters. The lowest BCUT2D eigenvalue weighted by Crippen LogP contribution is -1.88. The molecule has 78 valence electrons. The number of benzene rings is 1. The third kappa shape index (κ3) is 2.59. The van der Waals surface area contributed by atoms with Gasteiger partial charge >= 0.3 is 0 Å². The molecule has 0 nitrogen and oxygen atoms in total. The minimum Gasteiger partial charge on any atom is -0.0770 e. The maximum absolute atomic E-state index is 2.39. The minimum atomic E-state index is 0.667. The van der Waals surface area contributed by atoms with E-state index in [1.54, 1.807) is 0 Å². The first-order chi connectivity index (χ1) is 7.40. The van der Waals surface area contributed by atoms with E-state index in [2.05, 4.69) is 55.5 Å². The lowest BCUT2D eigenvalue weighted by molar-refractivity contribution is 0.647. The molecule has 0 N–H and O–H groups in total. The molecule has 1 aromatic rings. The van der Waals surface area contributed by atoms with Crippen LogP contribution in [0.5, 0.6) is 0 Å². The lowest BCUT2D eigenvalue weighted by atomic mass is 10.0. The van der Waals surface area contributed by atoms with E-state index in [1.807, 2.05) is 0 Å². The molecule has 0 amide bonds. The quantitative estimate of drug-likeness (QED) is 0.670. The van der Waals surface area contributed by atoms with Gasteiger partial charge in [0.15, 0.2) is 0 Å². The molecule has 0 aliphatic heterocycles. The van der Waals surface area contributed by atoms with E-state index >= 15 is 0 Å². The zero-order valence-corrected chi connectivity index (χ0v) is 9.32. The second kappa shape index (κ2) is 4.97. The van der Waals surface area contributed by atoms with E-state index in [1.165, 1.54) is 30.4 Å². The van der Waals surface area contributed by atoms with Crippen LogP contribution in [0, 0.1) is 5.92 Å². The summed E-state index contributed by atoms with van der Waals surface area (Å²) in [5.41, 5.74) is 2.73. The highest BCUT2D eigenvalue weighted by Gasteiger charge is 2.09. The van der Waals surface area contributed by atoms with Gasteiger partial charge in [-0.2, -0.15) is 0 Å². The van der Waals surface area contributed by atoms with Crippen LogP contribution in [0.4, 0.5) is 0 Å². The van der Waals surface area contributed by atoms with Gasteiger partial charge in [-0.25, -0.2) is 0 Å². The first-order valence-corrected chi connectivity index (χ1v) is 5.85. The summed E-state index contributed by atoms with van der Waals surface area (Å²) >= 11 is 0. The van der Waals surface area contributed by atoms with Crippen molar-refractivity contribution in [2.75, 3.05) is 0 Å². The standard InChI is InChI=1S/C15H18/c1-2-3-7-13-10-11-15(12-13)14-8-5-4-6-9-14/h4-6,8-13H,2-3,7H2,1H3. The largest absolute Gasteiger partial charge is 0.0770 e. The average Bonchev–Trinajstić information content (AvgIpc) is 2.76. The van der Waals surface area contributed by atoms with Crippen LogP contribution < -0.4 is 0 Å². The van der Waals surface area contributed by atoms with Crippen LogP contribution in [0.3, 0.4) is 0 Å². The summed E-state index contributed by atoms with van der Waals surface area (Å²) in [5, 5.41) is 0. The molecule has 0 radical (unpaired) electrons. The molecule has 0 heteroatoms. The third-order valence-electron chi connectivity index (χ3n) is 2.91. The number of allylic oxidation sites excluding steroid dienone is 4. The predicted octanol–water partition coefficient (Wildman–Crippen LogP) is 4.45. The topological polar surface area (TPSA) is 0 Å². The van der Waals surface area contributed by atoms with E-state index in [9.17, 15) is 0 Å². The summed E-state index contributed by atoms with van der Waals surface area (Å²) in [6.45, 7) is 2.25. The predicted molar refractivity (Wildman–Crippen MR) is 66.6 cm³/mol. The Hall–Kier alpha value is -1.30. The fourth-order valence-electron chi connectivity index (χ4n) is 2.01. The molecule has 0 fully saturated rings. The second-order valence-electron chi connectivity index (χ2n) is 4.15.